The fourth-order valence-corrected chi connectivity index (χ4v) is 3.14. The first-order valence-corrected chi connectivity index (χ1v) is 10.3. The second-order valence-electron chi connectivity index (χ2n) is 5.73. The Kier molecular flexibility index (Phi) is 9.96. The van der Waals surface area contributed by atoms with E-state index < -0.39 is 9.05 Å². The highest BCUT2D eigenvalue weighted by atomic mass is 32.9. The van der Waals surface area contributed by atoms with Crippen LogP contribution in [0.5, 0.6) is 0 Å². The van der Waals surface area contributed by atoms with Crippen LogP contribution in [0.25, 0.3) is 0 Å². The molecule has 1 aliphatic carbocycles. The van der Waals surface area contributed by atoms with E-state index in [1.165, 1.54) is 25.7 Å². The second kappa shape index (κ2) is 10.9. The zero-order valence-electron chi connectivity index (χ0n) is 12.9. The van der Waals surface area contributed by atoms with Gasteiger partial charge in [-0.15, -0.1) is 0 Å². The summed E-state index contributed by atoms with van der Waals surface area (Å²) < 4.78 is 29.9. The lowest BCUT2D eigenvalue weighted by atomic mass is 9.88. The third-order valence-electron chi connectivity index (χ3n) is 3.87. The molecule has 1 fully saturated rings. The molecule has 2 N–H and O–H groups in total. The normalized spacial score (nSPS) is 25.6. The Bertz CT molecular complexity index is 362. The van der Waals surface area contributed by atoms with Crippen molar-refractivity contribution in [1.29, 1.82) is 0 Å². The predicted molar refractivity (Wildman–Crippen MR) is 88.2 cm³/mol. The largest absolute Gasteiger partial charge is 0.378 e. The molecule has 1 aliphatic rings. The molecule has 1 rings (SSSR count). The molecule has 7 heteroatoms. The molecule has 0 aliphatic heterocycles. The van der Waals surface area contributed by atoms with Crippen molar-refractivity contribution in [1.82, 2.24) is 5.32 Å². The van der Waals surface area contributed by atoms with Crippen molar-refractivity contribution in [2.45, 2.75) is 58.0 Å². The van der Waals surface area contributed by atoms with Crippen LogP contribution in [-0.2, 0) is 29.2 Å². The van der Waals surface area contributed by atoms with Crippen molar-refractivity contribution in [2.24, 2.45) is 5.92 Å². The SMILES string of the molecule is C[C@@H]1CCCC[C@@H]1OCCCCCNCCOS(=O)(O)=S. The van der Waals surface area contributed by atoms with E-state index in [9.17, 15) is 4.21 Å². The Morgan fingerprint density at radius 1 is 1.19 bits per heavy atom. The molecule has 0 radical (unpaired) electrons. The minimum absolute atomic E-state index is 0.168. The van der Waals surface area contributed by atoms with Gasteiger partial charge in [0.1, 0.15) is 0 Å². The predicted octanol–water partition coefficient (Wildman–Crippen LogP) is 2.49. The minimum atomic E-state index is -3.47. The summed E-state index contributed by atoms with van der Waals surface area (Å²) in [5.74, 6) is 0.714. The van der Waals surface area contributed by atoms with Gasteiger partial charge in [-0.1, -0.05) is 19.8 Å². The van der Waals surface area contributed by atoms with Crippen LogP contribution in [0.1, 0.15) is 51.9 Å². The highest BCUT2D eigenvalue weighted by Gasteiger charge is 2.21. The highest BCUT2D eigenvalue weighted by molar-refractivity contribution is 8.27. The fourth-order valence-electron chi connectivity index (χ4n) is 2.64. The molecule has 0 heterocycles. The Hall–Kier alpha value is 0.210. The van der Waals surface area contributed by atoms with Gasteiger partial charge in [-0.05, 0) is 44.6 Å². The summed E-state index contributed by atoms with van der Waals surface area (Å²) in [5, 5.41) is 3.16. The van der Waals surface area contributed by atoms with Gasteiger partial charge in [-0.2, -0.15) is 4.21 Å². The maximum Gasteiger partial charge on any atom is 0.266 e. The summed E-state index contributed by atoms with van der Waals surface area (Å²) >= 11 is 4.21. The first-order valence-electron chi connectivity index (χ1n) is 7.93. The molecule has 0 aromatic rings. The summed E-state index contributed by atoms with van der Waals surface area (Å²) in [7, 11) is -3.47. The van der Waals surface area contributed by atoms with Crippen LogP contribution < -0.4 is 5.32 Å². The molecule has 1 saturated carbocycles. The van der Waals surface area contributed by atoms with Crippen LogP contribution in [0.3, 0.4) is 0 Å². The molecule has 0 spiro atoms. The first kappa shape index (κ1) is 19.3. The summed E-state index contributed by atoms with van der Waals surface area (Å²) in [6, 6.07) is 0. The molecule has 0 bridgehead atoms. The molecular weight excluding hydrogens is 310 g/mol. The van der Waals surface area contributed by atoms with Crippen LogP contribution in [0.2, 0.25) is 0 Å². The molecular formula is C14H29NO4S2. The van der Waals surface area contributed by atoms with Gasteiger partial charge < -0.3 is 10.1 Å². The molecule has 3 atom stereocenters. The van der Waals surface area contributed by atoms with Crippen LogP contribution in [-0.4, -0.2) is 41.2 Å². The maximum absolute atomic E-state index is 10.7. The van der Waals surface area contributed by atoms with Crippen molar-refractivity contribution >= 4 is 20.2 Å². The third-order valence-corrected chi connectivity index (χ3v) is 4.63. The lowest BCUT2D eigenvalue weighted by Gasteiger charge is -2.28. The van der Waals surface area contributed by atoms with Crippen molar-refractivity contribution in [3.05, 3.63) is 0 Å². The van der Waals surface area contributed by atoms with Crippen molar-refractivity contribution < 1.29 is 17.7 Å². The molecule has 5 nitrogen and oxygen atoms in total. The standard InChI is InChI=1S/C14H29NO4S2/c1-13-7-3-4-8-14(13)18-11-6-2-5-9-15-10-12-19-21(16,17)20/h13-15H,2-12H2,1H3,(H,16,17,20)/t13-,14+/m1/s1. The Morgan fingerprint density at radius 2 is 1.95 bits per heavy atom. The number of rotatable bonds is 11. The Labute approximate surface area is 133 Å². The van der Waals surface area contributed by atoms with Crippen LogP contribution >= 0.6 is 0 Å². The molecule has 126 valence electrons. The third kappa shape index (κ3) is 10.5. The zero-order chi connectivity index (χ0) is 15.6. The van der Waals surface area contributed by atoms with E-state index in [1.54, 1.807) is 0 Å². The monoisotopic (exact) mass is 339 g/mol. The smallest absolute Gasteiger partial charge is 0.266 e. The number of ether oxygens (including phenoxy) is 1. The van der Waals surface area contributed by atoms with E-state index in [0.717, 1.165) is 32.4 Å². The zero-order valence-corrected chi connectivity index (χ0v) is 14.6. The van der Waals surface area contributed by atoms with E-state index in [2.05, 4.69) is 27.6 Å². The summed E-state index contributed by atoms with van der Waals surface area (Å²) in [6.45, 7) is 4.75. The number of hydrogen-bond donors (Lipinski definition) is 2. The second-order valence-corrected chi connectivity index (χ2v) is 8.09. The maximum atomic E-state index is 10.7. The number of hydrogen-bond acceptors (Lipinski definition) is 5. The van der Waals surface area contributed by atoms with Gasteiger partial charge in [-0.25, -0.2) is 0 Å². The van der Waals surface area contributed by atoms with Crippen LogP contribution in [0.4, 0.5) is 0 Å². The van der Waals surface area contributed by atoms with Gasteiger partial charge in [0.15, 0.2) is 0 Å². The number of nitrogens with one attached hydrogen (secondary N) is 1. The highest BCUT2D eigenvalue weighted by Crippen LogP contribution is 2.26. The molecule has 0 aromatic carbocycles. The van der Waals surface area contributed by atoms with Crippen molar-refractivity contribution in [3.63, 3.8) is 0 Å². The van der Waals surface area contributed by atoms with Gasteiger partial charge in [0, 0.05) is 24.3 Å². The Morgan fingerprint density at radius 3 is 2.67 bits per heavy atom. The van der Waals surface area contributed by atoms with E-state index in [4.69, 9.17) is 9.29 Å². The van der Waals surface area contributed by atoms with E-state index in [-0.39, 0.29) is 6.61 Å². The quantitative estimate of drug-likeness (QED) is 0.564. The van der Waals surface area contributed by atoms with E-state index in [0.29, 0.717) is 18.6 Å². The van der Waals surface area contributed by atoms with Gasteiger partial charge in [-0.3, -0.25) is 8.74 Å². The van der Waals surface area contributed by atoms with Crippen LogP contribution in [0.15, 0.2) is 0 Å². The average Bonchev–Trinajstić information content (AvgIpc) is 2.41. The van der Waals surface area contributed by atoms with Gasteiger partial charge in [0.05, 0.1) is 12.7 Å². The molecule has 0 saturated heterocycles. The van der Waals surface area contributed by atoms with Crippen LogP contribution in [0, 0.1) is 5.92 Å². The van der Waals surface area contributed by atoms with E-state index >= 15 is 0 Å². The van der Waals surface area contributed by atoms with Gasteiger partial charge in [0.2, 0.25) is 0 Å². The lowest BCUT2D eigenvalue weighted by molar-refractivity contribution is -0.00652. The molecule has 21 heavy (non-hydrogen) atoms. The van der Waals surface area contributed by atoms with E-state index in [1.807, 2.05) is 0 Å². The molecule has 0 aromatic heterocycles. The Balaban J connectivity index is 1.84. The summed E-state index contributed by atoms with van der Waals surface area (Å²) in [4.78, 5) is 0. The van der Waals surface area contributed by atoms with Gasteiger partial charge in [0.25, 0.3) is 9.05 Å². The average molecular weight is 340 g/mol. The van der Waals surface area contributed by atoms with Gasteiger partial charge >= 0.3 is 0 Å². The minimum Gasteiger partial charge on any atom is -0.378 e. The molecule has 0 amide bonds. The summed E-state index contributed by atoms with van der Waals surface area (Å²) in [6.07, 6.45) is 8.97. The lowest BCUT2D eigenvalue weighted by Crippen LogP contribution is -2.26. The first-order chi connectivity index (χ1) is 9.99. The van der Waals surface area contributed by atoms with Crippen molar-refractivity contribution in [3.8, 4) is 0 Å². The number of unbranched alkanes of at least 4 members (excludes halogenated alkanes) is 2. The summed E-state index contributed by atoms with van der Waals surface area (Å²) in [5.41, 5.74) is 0. The molecule has 1 unspecified atom stereocenters. The fraction of sp³-hybridized carbons (Fsp3) is 1.00. The topological polar surface area (TPSA) is 67.8 Å². The van der Waals surface area contributed by atoms with Crippen molar-refractivity contribution in [2.75, 3.05) is 26.3 Å².